The van der Waals surface area contributed by atoms with Gasteiger partial charge in [-0.25, -0.2) is 8.42 Å². The van der Waals surface area contributed by atoms with E-state index in [1.807, 2.05) is 51.1 Å². The molecule has 1 atom stereocenters. The van der Waals surface area contributed by atoms with Gasteiger partial charge in [0.05, 0.1) is 22.7 Å². The number of hydrogen-bond acceptors (Lipinski definition) is 4. The van der Waals surface area contributed by atoms with Crippen molar-refractivity contribution in [3.63, 3.8) is 0 Å². The smallest absolute Gasteiger partial charge is 0.264 e. The third-order valence-corrected chi connectivity index (χ3v) is 6.77. The van der Waals surface area contributed by atoms with Crippen molar-refractivity contribution in [1.29, 1.82) is 0 Å². The number of carbonyl (C=O) groups excluding carboxylic acids is 1. The summed E-state index contributed by atoms with van der Waals surface area (Å²) >= 11 is 0. The molecule has 0 aliphatic carbocycles. The molecule has 0 heterocycles. The predicted molar refractivity (Wildman–Crippen MR) is 127 cm³/mol. The minimum absolute atomic E-state index is 0.0610. The summed E-state index contributed by atoms with van der Waals surface area (Å²) in [6, 6.07) is 22.1. The van der Waals surface area contributed by atoms with E-state index in [-0.39, 0.29) is 22.9 Å². The summed E-state index contributed by atoms with van der Waals surface area (Å²) < 4.78 is 32.7. The first-order chi connectivity index (χ1) is 15.2. The molecule has 3 aromatic rings. The summed E-state index contributed by atoms with van der Waals surface area (Å²) in [5.41, 5.74) is 1.86. The minimum atomic E-state index is -3.73. The summed E-state index contributed by atoms with van der Waals surface area (Å²) in [5, 5.41) is 2.95. The molecular formula is C25H28N2O4S. The van der Waals surface area contributed by atoms with Gasteiger partial charge >= 0.3 is 0 Å². The highest BCUT2D eigenvalue weighted by Gasteiger charge is 2.22. The van der Waals surface area contributed by atoms with Gasteiger partial charge in [-0.2, -0.15) is 0 Å². The molecule has 6 nitrogen and oxygen atoms in total. The maximum Gasteiger partial charge on any atom is 0.264 e. The first-order valence-electron chi connectivity index (χ1n) is 10.4. The van der Waals surface area contributed by atoms with Gasteiger partial charge < -0.3 is 10.1 Å². The van der Waals surface area contributed by atoms with Gasteiger partial charge in [-0.3, -0.25) is 9.10 Å². The van der Waals surface area contributed by atoms with Crippen molar-refractivity contribution in [2.24, 2.45) is 0 Å². The normalized spacial score (nSPS) is 12.3. The molecular weight excluding hydrogens is 424 g/mol. The van der Waals surface area contributed by atoms with E-state index in [4.69, 9.17) is 4.74 Å². The Bertz CT molecular complexity index is 1160. The average molecular weight is 453 g/mol. The van der Waals surface area contributed by atoms with E-state index in [1.54, 1.807) is 24.3 Å². The van der Waals surface area contributed by atoms with Gasteiger partial charge in [0.2, 0.25) is 0 Å². The van der Waals surface area contributed by atoms with Crippen LogP contribution < -0.4 is 14.4 Å². The molecule has 0 fully saturated rings. The number of rotatable bonds is 8. The SMILES string of the molecule is CC(C)Oc1cccc(C(C)NC(=O)c2ccc(S(=O)(=O)N(C)c3ccccc3)cc2)c1. The summed E-state index contributed by atoms with van der Waals surface area (Å²) in [4.78, 5) is 12.8. The zero-order valence-electron chi connectivity index (χ0n) is 18.6. The Morgan fingerprint density at radius 1 is 0.906 bits per heavy atom. The van der Waals surface area contributed by atoms with Gasteiger partial charge in [0.25, 0.3) is 15.9 Å². The number of hydrogen-bond donors (Lipinski definition) is 1. The van der Waals surface area contributed by atoms with Crippen LogP contribution in [0.1, 0.15) is 42.7 Å². The van der Waals surface area contributed by atoms with Crippen molar-refractivity contribution in [3.8, 4) is 5.75 Å². The summed E-state index contributed by atoms with van der Waals surface area (Å²) in [5.74, 6) is 0.462. The van der Waals surface area contributed by atoms with Crippen LogP contribution in [0.25, 0.3) is 0 Å². The number of carbonyl (C=O) groups is 1. The number of anilines is 1. The fraction of sp³-hybridized carbons (Fsp3) is 0.240. The minimum Gasteiger partial charge on any atom is -0.491 e. The van der Waals surface area contributed by atoms with Crippen LogP contribution in [-0.2, 0) is 10.0 Å². The van der Waals surface area contributed by atoms with E-state index in [0.29, 0.717) is 11.3 Å². The second kappa shape index (κ2) is 9.87. The van der Waals surface area contributed by atoms with E-state index in [9.17, 15) is 13.2 Å². The fourth-order valence-electron chi connectivity index (χ4n) is 3.21. The quantitative estimate of drug-likeness (QED) is 0.533. The van der Waals surface area contributed by atoms with Crippen LogP contribution in [0.2, 0.25) is 0 Å². The molecule has 0 aliphatic heterocycles. The topological polar surface area (TPSA) is 75.7 Å². The van der Waals surface area contributed by atoms with Gasteiger partial charge in [-0.05, 0) is 74.9 Å². The van der Waals surface area contributed by atoms with Gasteiger partial charge in [0.1, 0.15) is 5.75 Å². The predicted octanol–water partition coefficient (Wildman–Crippen LogP) is 4.79. The van der Waals surface area contributed by atoms with Crippen LogP contribution in [-0.4, -0.2) is 27.5 Å². The lowest BCUT2D eigenvalue weighted by atomic mass is 10.1. The van der Waals surface area contributed by atoms with Crippen molar-refractivity contribution in [2.75, 3.05) is 11.4 Å². The first-order valence-corrected chi connectivity index (χ1v) is 11.8. The fourth-order valence-corrected chi connectivity index (χ4v) is 4.40. The van der Waals surface area contributed by atoms with E-state index >= 15 is 0 Å². The Morgan fingerprint density at radius 2 is 1.56 bits per heavy atom. The van der Waals surface area contributed by atoms with E-state index < -0.39 is 10.0 Å². The molecule has 0 bridgehead atoms. The molecule has 1 unspecified atom stereocenters. The molecule has 7 heteroatoms. The number of nitrogens with zero attached hydrogens (tertiary/aromatic N) is 1. The van der Waals surface area contributed by atoms with Gasteiger partial charge in [-0.1, -0.05) is 30.3 Å². The maximum atomic E-state index is 12.9. The molecule has 0 aromatic heterocycles. The van der Waals surface area contributed by atoms with Crippen molar-refractivity contribution in [3.05, 3.63) is 90.0 Å². The number of sulfonamides is 1. The lowest BCUT2D eigenvalue weighted by Crippen LogP contribution is -2.28. The molecule has 1 amide bonds. The summed E-state index contributed by atoms with van der Waals surface area (Å²) in [7, 11) is -2.22. The van der Waals surface area contributed by atoms with Crippen molar-refractivity contribution in [2.45, 2.75) is 37.8 Å². The second-order valence-corrected chi connectivity index (χ2v) is 9.74. The van der Waals surface area contributed by atoms with Crippen molar-refractivity contribution in [1.82, 2.24) is 5.32 Å². The standard InChI is InChI=1S/C25H28N2O4S/c1-18(2)31-23-12-8-9-21(17-23)19(3)26-25(28)20-13-15-24(16-14-20)32(29,30)27(4)22-10-6-5-7-11-22/h5-19H,1-4H3,(H,26,28). The summed E-state index contributed by atoms with van der Waals surface area (Å²) in [6.07, 6.45) is 0.0610. The zero-order valence-corrected chi connectivity index (χ0v) is 19.5. The lowest BCUT2D eigenvalue weighted by molar-refractivity contribution is 0.0939. The van der Waals surface area contributed by atoms with Crippen LogP contribution in [0, 0.1) is 0 Å². The van der Waals surface area contributed by atoms with Gasteiger partial charge in [0.15, 0.2) is 0 Å². The van der Waals surface area contributed by atoms with Crippen molar-refractivity contribution >= 4 is 21.6 Å². The Balaban J connectivity index is 1.71. The summed E-state index contributed by atoms with van der Waals surface area (Å²) in [6.45, 7) is 5.80. The van der Waals surface area contributed by atoms with Crippen LogP contribution in [0.5, 0.6) is 5.75 Å². The van der Waals surface area contributed by atoms with Crippen LogP contribution in [0.15, 0.2) is 83.8 Å². The molecule has 1 N–H and O–H groups in total. The second-order valence-electron chi connectivity index (χ2n) is 7.77. The monoisotopic (exact) mass is 452 g/mol. The number of ether oxygens (including phenoxy) is 1. The van der Waals surface area contributed by atoms with Gasteiger partial charge in [0, 0.05) is 12.6 Å². The molecule has 0 aliphatic rings. The molecule has 168 valence electrons. The molecule has 0 radical (unpaired) electrons. The van der Waals surface area contributed by atoms with Crippen molar-refractivity contribution < 1.29 is 17.9 Å². The molecule has 0 spiro atoms. The maximum absolute atomic E-state index is 12.9. The Morgan fingerprint density at radius 3 is 2.19 bits per heavy atom. The first kappa shape index (κ1) is 23.3. The third kappa shape index (κ3) is 5.48. The molecule has 0 saturated carbocycles. The molecule has 3 rings (SSSR count). The van der Waals surface area contributed by atoms with E-state index in [2.05, 4.69) is 5.32 Å². The average Bonchev–Trinajstić information content (AvgIpc) is 2.79. The highest BCUT2D eigenvalue weighted by molar-refractivity contribution is 7.92. The number of nitrogens with one attached hydrogen (secondary N) is 1. The Labute approximate surface area is 189 Å². The number of amides is 1. The number of para-hydroxylation sites is 1. The largest absolute Gasteiger partial charge is 0.491 e. The third-order valence-electron chi connectivity index (χ3n) is 4.97. The van der Waals surface area contributed by atoms with Crippen LogP contribution >= 0.6 is 0 Å². The Kier molecular flexibility index (Phi) is 7.20. The zero-order chi connectivity index (χ0) is 23.3. The van der Waals surface area contributed by atoms with Crippen LogP contribution in [0.3, 0.4) is 0 Å². The highest BCUT2D eigenvalue weighted by Crippen LogP contribution is 2.23. The molecule has 32 heavy (non-hydrogen) atoms. The highest BCUT2D eigenvalue weighted by atomic mass is 32.2. The van der Waals surface area contributed by atoms with Gasteiger partial charge in [-0.15, -0.1) is 0 Å². The molecule has 0 saturated heterocycles. The van der Waals surface area contributed by atoms with Crippen LogP contribution in [0.4, 0.5) is 5.69 Å². The van der Waals surface area contributed by atoms with E-state index in [1.165, 1.54) is 35.6 Å². The number of benzene rings is 3. The Hall–Kier alpha value is -3.32. The van der Waals surface area contributed by atoms with E-state index in [0.717, 1.165) is 11.3 Å². The lowest BCUT2D eigenvalue weighted by Gasteiger charge is -2.20. The molecule has 3 aromatic carbocycles.